The zero-order chi connectivity index (χ0) is 29.2. The Morgan fingerprint density at radius 2 is 1.90 bits per heavy atom. The quantitative estimate of drug-likeness (QED) is 0.236. The van der Waals surface area contributed by atoms with Crippen LogP contribution in [0.3, 0.4) is 0 Å². The number of halogens is 4. The number of amides is 2. The topological polar surface area (TPSA) is 97.3 Å². The Balaban J connectivity index is 1.62. The Kier molecular flexibility index (Phi) is 9.09. The molecule has 0 radical (unpaired) electrons. The van der Waals surface area contributed by atoms with Crippen LogP contribution in [0, 0.1) is 11.3 Å². The Labute approximate surface area is 241 Å². The molecule has 3 aromatic rings. The summed E-state index contributed by atoms with van der Waals surface area (Å²) >= 11 is 13.1. The van der Waals surface area contributed by atoms with Gasteiger partial charge in [0.2, 0.25) is 11.9 Å². The van der Waals surface area contributed by atoms with Gasteiger partial charge in [-0.1, -0.05) is 62.9 Å². The monoisotopic (exact) mass is 595 g/mol. The molecule has 1 aliphatic rings. The van der Waals surface area contributed by atoms with Gasteiger partial charge in [-0.25, -0.2) is 13.8 Å². The van der Waals surface area contributed by atoms with E-state index in [1.165, 1.54) is 12.1 Å². The fourth-order valence-electron chi connectivity index (χ4n) is 4.07. The average molecular weight is 597 g/mol. The SMILES string of the molecule is Cn1c(Nc2c(Cl)ccc(CNC(=O)C(C)(C)C)c2Cl)nc2cc(C(=O)NCCC3CC3)c(OCC(F)F)cc21. The summed E-state index contributed by atoms with van der Waals surface area (Å²) in [5.41, 5.74) is 1.60. The zero-order valence-electron chi connectivity index (χ0n) is 22.8. The molecular formula is C28H33Cl2F2N5O3. The zero-order valence-corrected chi connectivity index (χ0v) is 24.3. The maximum Gasteiger partial charge on any atom is 0.272 e. The second-order valence-corrected chi connectivity index (χ2v) is 11.8. The highest BCUT2D eigenvalue weighted by Gasteiger charge is 2.24. The molecule has 12 heteroatoms. The minimum Gasteiger partial charge on any atom is -0.487 e. The number of rotatable bonds is 11. The van der Waals surface area contributed by atoms with Gasteiger partial charge in [0, 0.05) is 31.6 Å². The largest absolute Gasteiger partial charge is 0.487 e. The maximum atomic E-state index is 13.0. The molecule has 0 aliphatic heterocycles. The summed E-state index contributed by atoms with van der Waals surface area (Å²) in [5.74, 6) is 0.483. The number of nitrogens with zero attached hydrogens (tertiary/aromatic N) is 2. The molecule has 1 saturated carbocycles. The van der Waals surface area contributed by atoms with Gasteiger partial charge in [0.05, 0.1) is 32.3 Å². The fourth-order valence-corrected chi connectivity index (χ4v) is 4.60. The van der Waals surface area contributed by atoms with E-state index < -0.39 is 24.4 Å². The Morgan fingerprint density at radius 1 is 1.18 bits per heavy atom. The van der Waals surface area contributed by atoms with Crippen molar-refractivity contribution in [1.82, 2.24) is 20.2 Å². The molecule has 2 amide bonds. The molecule has 1 aromatic heterocycles. The van der Waals surface area contributed by atoms with Crippen molar-refractivity contribution in [2.24, 2.45) is 18.4 Å². The number of aromatic nitrogens is 2. The highest BCUT2D eigenvalue weighted by atomic mass is 35.5. The van der Waals surface area contributed by atoms with E-state index in [9.17, 15) is 18.4 Å². The van der Waals surface area contributed by atoms with Gasteiger partial charge >= 0.3 is 0 Å². The van der Waals surface area contributed by atoms with Gasteiger partial charge in [0.1, 0.15) is 12.4 Å². The van der Waals surface area contributed by atoms with Crippen LogP contribution < -0.4 is 20.7 Å². The van der Waals surface area contributed by atoms with E-state index in [4.69, 9.17) is 27.9 Å². The van der Waals surface area contributed by atoms with Crippen LogP contribution in [-0.2, 0) is 18.4 Å². The number of carbonyl (C=O) groups excluding carboxylic acids is 2. The molecule has 1 heterocycles. The molecule has 0 unspecified atom stereocenters. The van der Waals surface area contributed by atoms with Gasteiger partial charge in [-0.05, 0) is 30.0 Å². The van der Waals surface area contributed by atoms with Crippen LogP contribution >= 0.6 is 23.2 Å². The molecule has 8 nitrogen and oxygen atoms in total. The predicted molar refractivity (Wildman–Crippen MR) is 153 cm³/mol. The smallest absolute Gasteiger partial charge is 0.272 e. The Hall–Kier alpha value is -3.11. The number of imidazole rings is 1. The number of hydrogen-bond donors (Lipinski definition) is 3. The van der Waals surface area contributed by atoms with Crippen molar-refractivity contribution in [3.8, 4) is 5.75 Å². The second-order valence-electron chi connectivity index (χ2n) is 11.0. The normalized spacial score (nSPS) is 13.5. The molecule has 0 spiro atoms. The number of benzene rings is 2. The molecule has 0 atom stereocenters. The highest BCUT2D eigenvalue weighted by Crippen LogP contribution is 2.37. The van der Waals surface area contributed by atoms with Crippen LogP contribution in [0.1, 0.15) is 56.0 Å². The van der Waals surface area contributed by atoms with Crippen molar-refractivity contribution in [2.45, 2.75) is 53.0 Å². The summed E-state index contributed by atoms with van der Waals surface area (Å²) in [6.45, 7) is 5.30. The molecule has 1 fully saturated rings. The van der Waals surface area contributed by atoms with E-state index in [2.05, 4.69) is 20.9 Å². The summed E-state index contributed by atoms with van der Waals surface area (Å²) < 4.78 is 32.9. The summed E-state index contributed by atoms with van der Waals surface area (Å²) in [6.07, 6.45) is 0.502. The minimum absolute atomic E-state index is 0.0407. The van der Waals surface area contributed by atoms with Crippen molar-refractivity contribution in [1.29, 1.82) is 0 Å². The standard InChI is InChI=1S/C28H33Cl2F2N5O3/c1-28(2,3)26(39)34-13-16-7-8-18(29)24(23(16)30)36-27-35-19-11-17(25(38)33-10-9-15-5-6-15)21(40-14-22(31)32)12-20(19)37(27)4/h7-8,11-12,15,22H,5-6,9-10,13-14H2,1-4H3,(H,33,38)(H,34,39)(H,35,36). The molecule has 4 rings (SSSR count). The molecule has 1 aliphatic carbocycles. The lowest BCUT2D eigenvalue weighted by molar-refractivity contribution is -0.128. The van der Waals surface area contributed by atoms with E-state index in [1.54, 1.807) is 23.7 Å². The first-order valence-corrected chi connectivity index (χ1v) is 13.8. The number of carbonyl (C=O) groups is 2. The van der Waals surface area contributed by atoms with Crippen LogP contribution in [0.5, 0.6) is 5.75 Å². The number of alkyl halides is 2. The second kappa shape index (κ2) is 12.2. The van der Waals surface area contributed by atoms with E-state index >= 15 is 0 Å². The number of fused-ring (bicyclic) bond motifs is 1. The van der Waals surface area contributed by atoms with E-state index in [-0.39, 0.29) is 23.8 Å². The van der Waals surface area contributed by atoms with Crippen molar-refractivity contribution < 1.29 is 23.1 Å². The Bertz CT molecular complexity index is 1420. The third kappa shape index (κ3) is 7.14. The lowest BCUT2D eigenvalue weighted by Gasteiger charge is -2.19. The van der Waals surface area contributed by atoms with E-state index in [0.29, 0.717) is 50.7 Å². The summed E-state index contributed by atoms with van der Waals surface area (Å²) in [5, 5.41) is 9.51. The lowest BCUT2D eigenvalue weighted by atomic mass is 9.95. The van der Waals surface area contributed by atoms with Crippen LogP contribution in [-0.4, -0.2) is 40.9 Å². The summed E-state index contributed by atoms with van der Waals surface area (Å²) in [4.78, 5) is 29.9. The van der Waals surface area contributed by atoms with Gasteiger partial charge < -0.3 is 25.3 Å². The molecule has 3 N–H and O–H groups in total. The third-order valence-electron chi connectivity index (χ3n) is 6.66. The average Bonchev–Trinajstić information content (AvgIpc) is 3.66. The number of hydrogen-bond acceptors (Lipinski definition) is 5. The maximum absolute atomic E-state index is 13.0. The Morgan fingerprint density at radius 3 is 2.55 bits per heavy atom. The summed E-state index contributed by atoms with van der Waals surface area (Å²) in [7, 11) is 1.72. The van der Waals surface area contributed by atoms with Crippen LogP contribution in [0.2, 0.25) is 10.0 Å². The van der Waals surface area contributed by atoms with Crippen LogP contribution in [0.4, 0.5) is 20.4 Å². The van der Waals surface area contributed by atoms with Gasteiger partial charge in [0.25, 0.3) is 12.3 Å². The van der Waals surface area contributed by atoms with Crippen LogP contribution in [0.15, 0.2) is 24.3 Å². The third-order valence-corrected chi connectivity index (χ3v) is 7.40. The first-order valence-electron chi connectivity index (χ1n) is 13.1. The minimum atomic E-state index is -2.70. The summed E-state index contributed by atoms with van der Waals surface area (Å²) in [6, 6.07) is 6.44. The first-order chi connectivity index (χ1) is 18.8. The molecule has 2 aromatic carbocycles. The predicted octanol–water partition coefficient (Wildman–Crippen LogP) is 6.46. The van der Waals surface area contributed by atoms with Gasteiger partial charge in [-0.2, -0.15) is 0 Å². The molecule has 216 valence electrons. The van der Waals surface area contributed by atoms with Crippen molar-refractivity contribution >= 4 is 57.7 Å². The van der Waals surface area contributed by atoms with Crippen molar-refractivity contribution in [2.75, 3.05) is 18.5 Å². The van der Waals surface area contributed by atoms with Crippen LogP contribution in [0.25, 0.3) is 11.0 Å². The number of ether oxygens (including phenoxy) is 1. The van der Waals surface area contributed by atoms with Crippen molar-refractivity contribution in [3.63, 3.8) is 0 Å². The van der Waals surface area contributed by atoms with Gasteiger partial charge in [-0.15, -0.1) is 0 Å². The first kappa shape index (κ1) is 29.9. The molecular weight excluding hydrogens is 563 g/mol. The lowest BCUT2D eigenvalue weighted by Crippen LogP contribution is -2.34. The number of nitrogens with one attached hydrogen (secondary N) is 3. The van der Waals surface area contributed by atoms with Gasteiger partial charge in [0.15, 0.2) is 0 Å². The molecule has 0 bridgehead atoms. The highest BCUT2D eigenvalue weighted by molar-refractivity contribution is 6.39. The van der Waals surface area contributed by atoms with E-state index in [0.717, 1.165) is 19.3 Å². The van der Waals surface area contributed by atoms with Crippen molar-refractivity contribution in [3.05, 3.63) is 45.4 Å². The number of aryl methyl sites for hydroxylation is 1. The number of anilines is 2. The molecule has 40 heavy (non-hydrogen) atoms. The van der Waals surface area contributed by atoms with E-state index in [1.807, 2.05) is 20.8 Å². The fraction of sp³-hybridized carbons (Fsp3) is 0.464. The molecule has 0 saturated heterocycles. The van der Waals surface area contributed by atoms with Gasteiger partial charge in [-0.3, -0.25) is 9.59 Å².